The fourth-order valence-corrected chi connectivity index (χ4v) is 2.24. The second-order valence-electron chi connectivity index (χ2n) is 5.03. The highest BCUT2D eigenvalue weighted by molar-refractivity contribution is 5.84. The first-order valence-electron chi connectivity index (χ1n) is 7.10. The van der Waals surface area contributed by atoms with Crippen LogP contribution in [0.5, 0.6) is 0 Å². The molecule has 1 fully saturated rings. The third-order valence-corrected chi connectivity index (χ3v) is 3.49. The van der Waals surface area contributed by atoms with Crippen LogP contribution >= 0.6 is 0 Å². The Balaban J connectivity index is 0.000000150. The number of furan rings is 1. The molecule has 0 unspecified atom stereocenters. The van der Waals surface area contributed by atoms with Crippen LogP contribution < -0.4 is 0 Å². The number of rotatable bonds is 2. The van der Waals surface area contributed by atoms with Gasteiger partial charge < -0.3 is 34.6 Å². The average Bonchev–Trinajstić information content (AvgIpc) is 3.32. The highest BCUT2D eigenvalue weighted by atomic mass is 16.6. The van der Waals surface area contributed by atoms with Gasteiger partial charge in [-0.05, 0) is 12.1 Å². The molecular weight excluding hydrogens is 320 g/mol. The fourth-order valence-electron chi connectivity index (χ4n) is 2.24. The lowest BCUT2D eigenvalue weighted by Gasteiger charge is -2.09. The first kappa shape index (κ1) is 16.5. The van der Waals surface area contributed by atoms with Gasteiger partial charge in [0, 0.05) is 0 Å². The maximum absolute atomic E-state index is 8.93. The van der Waals surface area contributed by atoms with Crippen LogP contribution in [0, 0.1) is 0 Å². The second-order valence-corrected chi connectivity index (χ2v) is 5.03. The summed E-state index contributed by atoms with van der Waals surface area (Å²) in [7, 11) is 0. The summed E-state index contributed by atoms with van der Waals surface area (Å²) in [5, 5.41) is 35.0. The van der Waals surface area contributed by atoms with E-state index in [4.69, 9.17) is 24.8 Å². The second kappa shape index (κ2) is 7.03. The third kappa shape index (κ3) is 3.13. The number of fused-ring (bicyclic) bond motifs is 1. The quantitative estimate of drug-likeness (QED) is 0.397. The Morgan fingerprint density at radius 1 is 1.12 bits per heavy atom. The summed E-state index contributed by atoms with van der Waals surface area (Å²) in [6, 6.07) is 3.67. The summed E-state index contributed by atoms with van der Waals surface area (Å²) in [6.45, 7) is -0.407. The topological polar surface area (TPSA) is 158 Å². The van der Waals surface area contributed by atoms with Crippen molar-refractivity contribution in [2.75, 3.05) is 6.61 Å². The van der Waals surface area contributed by atoms with Crippen molar-refractivity contribution in [3.8, 4) is 11.5 Å². The van der Waals surface area contributed by atoms with E-state index in [1.165, 1.54) is 6.33 Å². The smallest absolute Gasteiger partial charge is 0.184 e. The molecule has 4 heterocycles. The molecule has 1 aliphatic heterocycles. The van der Waals surface area contributed by atoms with Gasteiger partial charge in [-0.25, -0.2) is 15.0 Å². The molecule has 3 aromatic rings. The van der Waals surface area contributed by atoms with Crippen LogP contribution in [-0.4, -0.2) is 71.6 Å². The number of ether oxygens (including phenoxy) is 1. The van der Waals surface area contributed by atoms with Gasteiger partial charge in [-0.1, -0.05) is 0 Å². The monoisotopic (exact) mass is 336 g/mol. The SMILES string of the molecule is OC[C@H]1O[C@@H](O)[C@H](O)[C@@H]1O.c1coc(-c2ncnc3nc[nH]c23)c1. The fraction of sp³-hybridized carbons (Fsp3) is 0.357. The van der Waals surface area contributed by atoms with E-state index in [9.17, 15) is 0 Å². The summed E-state index contributed by atoms with van der Waals surface area (Å²) < 4.78 is 9.80. The normalized spacial score (nSPS) is 26.3. The first-order valence-corrected chi connectivity index (χ1v) is 7.10. The summed E-state index contributed by atoms with van der Waals surface area (Å²) in [5.41, 5.74) is 2.17. The highest BCUT2D eigenvalue weighted by Crippen LogP contribution is 2.22. The zero-order chi connectivity index (χ0) is 17.1. The molecular formula is C14H16N4O6. The zero-order valence-electron chi connectivity index (χ0n) is 12.4. The zero-order valence-corrected chi connectivity index (χ0v) is 12.4. The lowest BCUT2D eigenvalue weighted by atomic mass is 10.1. The molecule has 128 valence electrons. The Hall–Kier alpha value is -2.37. The van der Waals surface area contributed by atoms with Crippen molar-refractivity contribution in [1.29, 1.82) is 0 Å². The molecule has 10 nitrogen and oxygen atoms in total. The van der Waals surface area contributed by atoms with Crippen molar-refractivity contribution in [2.24, 2.45) is 0 Å². The van der Waals surface area contributed by atoms with Crippen LogP contribution in [0.4, 0.5) is 0 Å². The Labute approximate surface area is 135 Å². The number of hydrogen-bond donors (Lipinski definition) is 5. The van der Waals surface area contributed by atoms with Crippen LogP contribution in [-0.2, 0) is 4.74 Å². The molecule has 0 radical (unpaired) electrons. The maximum Gasteiger partial charge on any atom is 0.184 e. The molecule has 1 aliphatic rings. The Kier molecular flexibility index (Phi) is 4.83. The average molecular weight is 336 g/mol. The Morgan fingerprint density at radius 3 is 2.54 bits per heavy atom. The molecule has 0 amide bonds. The van der Waals surface area contributed by atoms with E-state index >= 15 is 0 Å². The van der Waals surface area contributed by atoms with Crippen LogP contribution in [0.25, 0.3) is 22.6 Å². The van der Waals surface area contributed by atoms with E-state index in [1.807, 2.05) is 12.1 Å². The number of hydrogen-bond acceptors (Lipinski definition) is 9. The van der Waals surface area contributed by atoms with E-state index in [2.05, 4.69) is 24.7 Å². The molecule has 0 aromatic carbocycles. The molecule has 0 saturated carbocycles. The number of nitrogens with one attached hydrogen (secondary N) is 1. The van der Waals surface area contributed by atoms with E-state index in [-0.39, 0.29) is 0 Å². The van der Waals surface area contributed by atoms with Gasteiger partial charge in [-0.15, -0.1) is 0 Å². The maximum atomic E-state index is 8.93. The number of aromatic amines is 1. The van der Waals surface area contributed by atoms with Crippen molar-refractivity contribution in [3.63, 3.8) is 0 Å². The van der Waals surface area contributed by atoms with Gasteiger partial charge in [0.25, 0.3) is 0 Å². The van der Waals surface area contributed by atoms with E-state index < -0.39 is 31.2 Å². The lowest BCUT2D eigenvalue weighted by molar-refractivity contribution is -0.132. The number of aromatic nitrogens is 4. The van der Waals surface area contributed by atoms with Crippen LogP contribution in [0.15, 0.2) is 35.5 Å². The molecule has 0 bridgehead atoms. The van der Waals surface area contributed by atoms with Gasteiger partial charge >= 0.3 is 0 Å². The molecule has 0 spiro atoms. The van der Waals surface area contributed by atoms with Crippen molar-refractivity contribution in [2.45, 2.75) is 24.6 Å². The van der Waals surface area contributed by atoms with Crippen molar-refractivity contribution in [3.05, 3.63) is 31.1 Å². The molecule has 4 rings (SSSR count). The van der Waals surface area contributed by atoms with Gasteiger partial charge in [0.15, 0.2) is 17.7 Å². The van der Waals surface area contributed by atoms with E-state index in [0.717, 1.165) is 11.2 Å². The number of nitrogens with zero attached hydrogens (tertiary/aromatic N) is 3. The molecule has 5 N–H and O–H groups in total. The Bertz CT molecular complexity index is 777. The van der Waals surface area contributed by atoms with Crippen LogP contribution in [0.3, 0.4) is 0 Å². The highest BCUT2D eigenvalue weighted by Gasteiger charge is 2.41. The molecule has 24 heavy (non-hydrogen) atoms. The van der Waals surface area contributed by atoms with Gasteiger partial charge in [0.2, 0.25) is 0 Å². The van der Waals surface area contributed by atoms with E-state index in [0.29, 0.717) is 11.4 Å². The van der Waals surface area contributed by atoms with E-state index in [1.54, 1.807) is 12.6 Å². The predicted octanol–water partition coefficient (Wildman–Crippen LogP) is -0.969. The number of aliphatic hydroxyl groups is 4. The summed E-state index contributed by atoms with van der Waals surface area (Å²) >= 11 is 0. The van der Waals surface area contributed by atoms with Crippen molar-refractivity contribution < 1.29 is 29.6 Å². The first-order chi connectivity index (χ1) is 11.6. The van der Waals surface area contributed by atoms with Crippen LogP contribution in [0.2, 0.25) is 0 Å². The minimum Gasteiger partial charge on any atom is -0.463 e. The largest absolute Gasteiger partial charge is 0.463 e. The van der Waals surface area contributed by atoms with Gasteiger partial charge in [0.1, 0.15) is 35.8 Å². The van der Waals surface area contributed by atoms with Gasteiger partial charge in [0.05, 0.1) is 19.2 Å². The summed E-state index contributed by atoms with van der Waals surface area (Å²) in [5.74, 6) is 0.710. The molecule has 3 aromatic heterocycles. The molecule has 4 atom stereocenters. The molecule has 0 aliphatic carbocycles. The summed E-state index contributed by atoms with van der Waals surface area (Å²) in [4.78, 5) is 15.2. The third-order valence-electron chi connectivity index (χ3n) is 3.49. The minimum atomic E-state index is -1.38. The van der Waals surface area contributed by atoms with Crippen molar-refractivity contribution in [1.82, 2.24) is 19.9 Å². The summed E-state index contributed by atoms with van der Waals surface area (Å²) in [6.07, 6.45) is -0.0822. The lowest BCUT2D eigenvalue weighted by Crippen LogP contribution is -2.33. The molecule has 1 saturated heterocycles. The molecule has 10 heteroatoms. The van der Waals surface area contributed by atoms with Gasteiger partial charge in [-0.3, -0.25) is 0 Å². The Morgan fingerprint density at radius 2 is 1.96 bits per heavy atom. The van der Waals surface area contributed by atoms with Crippen LogP contribution in [0.1, 0.15) is 0 Å². The predicted molar refractivity (Wildman–Crippen MR) is 79.4 cm³/mol. The number of H-pyrrole nitrogens is 1. The standard InChI is InChI=1S/C9H6N4O.C5H10O5/c1-2-6(14-3-1)7-8-9(12-4-10-7)13-5-11-8;6-1-2-3(7)4(8)5(9)10-2/h1-5H,(H,10,11,12,13);2-9H,1H2/t;2-,3-,4-,5-/m.1/s1. The van der Waals surface area contributed by atoms with Crippen molar-refractivity contribution >= 4 is 11.2 Å². The number of aliphatic hydroxyl groups excluding tert-OH is 4. The minimum absolute atomic E-state index is 0.407. The number of imidazole rings is 1. The van der Waals surface area contributed by atoms with Gasteiger partial charge in [-0.2, -0.15) is 0 Å².